The van der Waals surface area contributed by atoms with Crippen molar-refractivity contribution in [2.45, 2.75) is 13.5 Å². The molecule has 0 amide bonds. The predicted octanol–water partition coefficient (Wildman–Crippen LogP) is 0.246. The summed E-state index contributed by atoms with van der Waals surface area (Å²) in [6.45, 7) is 2.94. The molecule has 5 nitrogen and oxygen atoms in total. The molecule has 0 aliphatic carbocycles. The minimum atomic E-state index is 0.865. The molecule has 2 heterocycles. The average Bonchev–Trinajstić information content (AvgIpc) is 2.71. The molecule has 0 saturated carbocycles. The van der Waals surface area contributed by atoms with Crippen LogP contribution in [0.4, 0.5) is 0 Å². The molecule has 0 radical (unpaired) electrons. The number of hydrogen-bond donors (Lipinski definition) is 0. The van der Waals surface area contributed by atoms with Crippen molar-refractivity contribution in [1.29, 1.82) is 0 Å². The summed E-state index contributed by atoms with van der Waals surface area (Å²) in [5.41, 5.74) is 0. The molecule has 0 aliphatic rings. The molecule has 68 valence electrons. The van der Waals surface area contributed by atoms with E-state index >= 15 is 0 Å². The summed E-state index contributed by atoms with van der Waals surface area (Å²) >= 11 is 1.44. The van der Waals surface area contributed by atoms with E-state index in [1.165, 1.54) is 11.5 Å². The van der Waals surface area contributed by atoms with Gasteiger partial charge in [-0.3, -0.25) is 0 Å². The molecular weight excluding hydrogens is 186 g/mol. The van der Waals surface area contributed by atoms with Crippen LogP contribution >= 0.6 is 11.5 Å². The first kappa shape index (κ1) is 8.31. The minimum Gasteiger partial charge on any atom is -0.316 e. The van der Waals surface area contributed by atoms with E-state index in [0.29, 0.717) is 0 Å². The Morgan fingerprint density at radius 3 is 3.00 bits per heavy atom. The van der Waals surface area contributed by atoms with Gasteiger partial charge in [0, 0.05) is 18.6 Å². The predicted molar refractivity (Wildman–Crippen MR) is 48.0 cm³/mol. The standard InChI is InChI=1S/C7H10N5S/c1-3-12-4-6(13-10-12)7-9-8-5-11(7)2/h4-5H,3H2,1-2H3/q+1. The maximum Gasteiger partial charge on any atom is 0.220 e. The van der Waals surface area contributed by atoms with Crippen molar-refractivity contribution in [2.75, 3.05) is 0 Å². The van der Waals surface area contributed by atoms with Crippen LogP contribution in [0.1, 0.15) is 6.92 Å². The lowest BCUT2D eigenvalue weighted by Gasteiger charge is -1.89. The van der Waals surface area contributed by atoms with Gasteiger partial charge < -0.3 is 4.57 Å². The summed E-state index contributed by atoms with van der Waals surface area (Å²) in [4.78, 5) is 1.04. The second-order valence-electron chi connectivity index (χ2n) is 2.69. The molecule has 0 fully saturated rings. The van der Waals surface area contributed by atoms with E-state index in [4.69, 9.17) is 0 Å². The van der Waals surface area contributed by atoms with E-state index in [1.54, 1.807) is 6.33 Å². The average molecular weight is 196 g/mol. The van der Waals surface area contributed by atoms with E-state index in [-0.39, 0.29) is 0 Å². The Morgan fingerprint density at radius 2 is 2.46 bits per heavy atom. The van der Waals surface area contributed by atoms with Crippen molar-refractivity contribution < 1.29 is 4.68 Å². The van der Waals surface area contributed by atoms with Crippen molar-refractivity contribution in [3.63, 3.8) is 0 Å². The first-order valence-corrected chi connectivity index (χ1v) is 4.79. The molecule has 13 heavy (non-hydrogen) atoms. The minimum absolute atomic E-state index is 0.865. The summed E-state index contributed by atoms with van der Waals surface area (Å²) in [5, 5.41) is 7.82. The highest BCUT2D eigenvalue weighted by atomic mass is 32.1. The third kappa shape index (κ3) is 1.44. The normalized spacial score (nSPS) is 10.6. The fourth-order valence-electron chi connectivity index (χ4n) is 1.03. The second-order valence-corrected chi connectivity index (χ2v) is 3.47. The van der Waals surface area contributed by atoms with Crippen LogP contribution in [0, 0.1) is 0 Å². The molecule has 0 unspecified atom stereocenters. The molecular formula is C7H10N5S+. The van der Waals surface area contributed by atoms with Crippen molar-refractivity contribution in [3.8, 4) is 10.7 Å². The Balaban J connectivity index is 2.41. The lowest BCUT2D eigenvalue weighted by atomic mass is 10.5. The zero-order valence-corrected chi connectivity index (χ0v) is 8.32. The molecule has 0 N–H and O–H groups in total. The zero-order valence-electron chi connectivity index (χ0n) is 7.51. The van der Waals surface area contributed by atoms with Gasteiger partial charge in [-0.05, 0) is 6.92 Å². The maximum atomic E-state index is 4.21. The number of aryl methyl sites for hydroxylation is 2. The molecule has 6 heteroatoms. The van der Waals surface area contributed by atoms with Gasteiger partial charge in [0.15, 0.2) is 17.2 Å². The Kier molecular flexibility index (Phi) is 2.05. The van der Waals surface area contributed by atoms with E-state index in [9.17, 15) is 0 Å². The summed E-state index contributed by atoms with van der Waals surface area (Å²) in [6.07, 6.45) is 3.67. The summed E-state index contributed by atoms with van der Waals surface area (Å²) in [6, 6.07) is 0. The van der Waals surface area contributed by atoms with Crippen LogP contribution in [0.5, 0.6) is 0 Å². The van der Waals surface area contributed by atoms with Gasteiger partial charge in [0.1, 0.15) is 6.33 Å². The largest absolute Gasteiger partial charge is 0.316 e. The molecule has 2 rings (SSSR count). The first-order chi connectivity index (χ1) is 6.31. The van der Waals surface area contributed by atoms with Crippen LogP contribution in [-0.2, 0) is 13.6 Å². The van der Waals surface area contributed by atoms with Crippen LogP contribution in [0.3, 0.4) is 0 Å². The maximum absolute atomic E-state index is 4.21. The van der Waals surface area contributed by atoms with Crippen LogP contribution in [0.2, 0.25) is 0 Å². The quantitative estimate of drug-likeness (QED) is 0.647. The first-order valence-electron chi connectivity index (χ1n) is 4.02. The molecule has 0 bridgehead atoms. The fourth-order valence-corrected chi connectivity index (χ4v) is 1.82. The van der Waals surface area contributed by atoms with E-state index in [1.807, 2.05) is 22.5 Å². The van der Waals surface area contributed by atoms with Crippen LogP contribution in [-0.4, -0.2) is 19.3 Å². The Bertz CT molecular complexity index is 404. The molecule has 0 aliphatic heterocycles. The SMILES string of the molecule is CC[n+]1cc(-c2nncn2C)sn1. The van der Waals surface area contributed by atoms with Crippen molar-refractivity contribution in [3.05, 3.63) is 12.5 Å². The highest BCUT2D eigenvalue weighted by Crippen LogP contribution is 2.16. The summed E-state index contributed by atoms with van der Waals surface area (Å²) in [7, 11) is 1.92. The number of hydrogen-bond acceptors (Lipinski definition) is 4. The van der Waals surface area contributed by atoms with E-state index in [0.717, 1.165) is 17.2 Å². The van der Waals surface area contributed by atoms with Gasteiger partial charge in [-0.2, -0.15) is 0 Å². The number of aromatic nitrogens is 5. The van der Waals surface area contributed by atoms with Gasteiger partial charge >= 0.3 is 0 Å². The summed E-state index contributed by atoms with van der Waals surface area (Å²) < 4.78 is 7.98. The molecule has 2 aromatic rings. The zero-order chi connectivity index (χ0) is 9.26. The van der Waals surface area contributed by atoms with Crippen LogP contribution < -0.4 is 4.68 Å². The molecule has 0 atom stereocenters. The molecule has 2 aromatic heterocycles. The smallest absolute Gasteiger partial charge is 0.220 e. The topological polar surface area (TPSA) is 47.5 Å². The third-order valence-corrected chi connectivity index (χ3v) is 2.54. The molecule has 0 saturated heterocycles. The molecule has 0 aromatic carbocycles. The van der Waals surface area contributed by atoms with Gasteiger partial charge in [-0.15, -0.1) is 10.2 Å². The lowest BCUT2D eigenvalue weighted by molar-refractivity contribution is -0.743. The van der Waals surface area contributed by atoms with Crippen LogP contribution in [0.25, 0.3) is 10.7 Å². The highest BCUT2D eigenvalue weighted by molar-refractivity contribution is 7.08. The Hall–Kier alpha value is -1.30. The Morgan fingerprint density at radius 1 is 1.62 bits per heavy atom. The van der Waals surface area contributed by atoms with Gasteiger partial charge in [0.05, 0.1) is 4.49 Å². The van der Waals surface area contributed by atoms with E-state index < -0.39 is 0 Å². The van der Waals surface area contributed by atoms with Crippen molar-refractivity contribution >= 4 is 11.5 Å². The van der Waals surface area contributed by atoms with Gasteiger partial charge in [0.2, 0.25) is 6.20 Å². The second kappa shape index (κ2) is 3.21. The monoisotopic (exact) mass is 196 g/mol. The number of rotatable bonds is 2. The van der Waals surface area contributed by atoms with Crippen molar-refractivity contribution in [2.24, 2.45) is 7.05 Å². The van der Waals surface area contributed by atoms with E-state index in [2.05, 4.69) is 21.6 Å². The third-order valence-electron chi connectivity index (χ3n) is 1.77. The number of nitrogens with zero attached hydrogens (tertiary/aromatic N) is 5. The van der Waals surface area contributed by atoms with Gasteiger partial charge in [-0.1, -0.05) is 4.68 Å². The van der Waals surface area contributed by atoms with Gasteiger partial charge in [-0.25, -0.2) is 0 Å². The fraction of sp³-hybridized carbons (Fsp3) is 0.429. The Labute approximate surface area is 79.8 Å². The lowest BCUT2D eigenvalue weighted by Crippen LogP contribution is -2.32. The van der Waals surface area contributed by atoms with Gasteiger partial charge in [0.25, 0.3) is 0 Å². The van der Waals surface area contributed by atoms with Crippen molar-refractivity contribution in [1.82, 2.24) is 19.3 Å². The highest BCUT2D eigenvalue weighted by Gasteiger charge is 2.13. The van der Waals surface area contributed by atoms with Crippen LogP contribution in [0.15, 0.2) is 12.5 Å². The molecule has 0 spiro atoms. The summed E-state index contributed by atoms with van der Waals surface area (Å²) in [5.74, 6) is 0.865.